The highest BCUT2D eigenvalue weighted by atomic mass is 35.5. The van der Waals surface area contributed by atoms with E-state index in [2.05, 4.69) is 12.2 Å². The summed E-state index contributed by atoms with van der Waals surface area (Å²) in [4.78, 5) is 12.0. The largest absolute Gasteiger partial charge is 0.349 e. The van der Waals surface area contributed by atoms with Gasteiger partial charge in [-0.05, 0) is 49.8 Å². The van der Waals surface area contributed by atoms with Crippen LogP contribution in [-0.4, -0.2) is 20.4 Å². The summed E-state index contributed by atoms with van der Waals surface area (Å²) in [6.07, 6.45) is 2.98. The molecule has 1 saturated carbocycles. The van der Waals surface area contributed by atoms with Gasteiger partial charge in [0.2, 0.25) is 10.0 Å². The first kappa shape index (κ1) is 16.3. The second-order valence-electron chi connectivity index (χ2n) is 5.74. The van der Waals surface area contributed by atoms with Crippen LogP contribution in [0.25, 0.3) is 0 Å². The summed E-state index contributed by atoms with van der Waals surface area (Å²) >= 11 is 5.95. The van der Waals surface area contributed by atoms with Gasteiger partial charge in [-0.15, -0.1) is 0 Å². The van der Waals surface area contributed by atoms with Gasteiger partial charge in [0, 0.05) is 11.6 Å². The van der Waals surface area contributed by atoms with Gasteiger partial charge >= 0.3 is 0 Å². The van der Waals surface area contributed by atoms with Gasteiger partial charge in [0.1, 0.15) is 4.90 Å². The van der Waals surface area contributed by atoms with Crippen LogP contribution in [0.5, 0.6) is 0 Å². The van der Waals surface area contributed by atoms with E-state index in [0.29, 0.717) is 11.5 Å². The predicted molar refractivity (Wildman–Crippen MR) is 81.8 cm³/mol. The first-order valence-electron chi connectivity index (χ1n) is 6.82. The molecule has 0 bridgehead atoms. The van der Waals surface area contributed by atoms with E-state index in [9.17, 15) is 13.2 Å². The molecule has 0 aliphatic heterocycles. The van der Waals surface area contributed by atoms with Gasteiger partial charge in [0.15, 0.2) is 0 Å². The van der Waals surface area contributed by atoms with Crippen molar-refractivity contribution in [3.63, 3.8) is 0 Å². The Labute approximate surface area is 129 Å². The highest BCUT2D eigenvalue weighted by Crippen LogP contribution is 2.27. The highest BCUT2D eigenvalue weighted by molar-refractivity contribution is 7.89. The van der Waals surface area contributed by atoms with E-state index in [-0.39, 0.29) is 27.4 Å². The van der Waals surface area contributed by atoms with E-state index >= 15 is 0 Å². The minimum absolute atomic E-state index is 0.0588. The lowest BCUT2D eigenvalue weighted by atomic mass is 10.1. The lowest BCUT2D eigenvalue weighted by molar-refractivity contribution is 0.0937. The minimum Gasteiger partial charge on any atom is -0.349 e. The van der Waals surface area contributed by atoms with Crippen molar-refractivity contribution in [2.45, 2.75) is 44.0 Å². The molecule has 116 valence electrons. The molecule has 1 aliphatic rings. The summed E-state index contributed by atoms with van der Waals surface area (Å²) in [5.41, 5.74) is 0.772. The number of hydrogen-bond donors (Lipinski definition) is 2. The van der Waals surface area contributed by atoms with Gasteiger partial charge in [-0.2, -0.15) is 0 Å². The molecule has 1 aromatic carbocycles. The molecular formula is C14H19ClN2O3S. The summed E-state index contributed by atoms with van der Waals surface area (Å²) in [6.45, 7) is 3.79. The van der Waals surface area contributed by atoms with E-state index in [4.69, 9.17) is 16.7 Å². The van der Waals surface area contributed by atoms with E-state index in [0.717, 1.165) is 19.3 Å². The quantitative estimate of drug-likeness (QED) is 0.890. The number of carbonyl (C=O) groups excluding carboxylic acids is 1. The fraction of sp³-hybridized carbons (Fsp3) is 0.500. The van der Waals surface area contributed by atoms with Crippen LogP contribution in [0.3, 0.4) is 0 Å². The topological polar surface area (TPSA) is 89.3 Å². The second-order valence-corrected chi connectivity index (χ2v) is 7.65. The zero-order chi connectivity index (χ0) is 15.8. The van der Waals surface area contributed by atoms with E-state index in [1.165, 1.54) is 6.07 Å². The molecule has 3 N–H and O–H groups in total. The zero-order valence-corrected chi connectivity index (χ0v) is 13.6. The Morgan fingerprint density at radius 3 is 2.57 bits per heavy atom. The number of primary sulfonamides is 1. The molecule has 0 saturated heterocycles. The lowest BCUT2D eigenvalue weighted by Crippen LogP contribution is -2.33. The molecule has 5 nitrogen and oxygen atoms in total. The van der Waals surface area contributed by atoms with Crippen molar-refractivity contribution in [1.82, 2.24) is 5.32 Å². The van der Waals surface area contributed by atoms with Gasteiger partial charge in [-0.25, -0.2) is 13.6 Å². The Morgan fingerprint density at radius 1 is 1.38 bits per heavy atom. The van der Waals surface area contributed by atoms with Crippen LogP contribution in [0.2, 0.25) is 5.02 Å². The Bertz CT molecular complexity index is 673. The number of amides is 1. The molecule has 1 amide bonds. The van der Waals surface area contributed by atoms with Gasteiger partial charge < -0.3 is 5.32 Å². The van der Waals surface area contributed by atoms with E-state index in [1.54, 1.807) is 13.0 Å². The van der Waals surface area contributed by atoms with Crippen molar-refractivity contribution in [3.8, 4) is 0 Å². The molecular weight excluding hydrogens is 312 g/mol. The standard InChI is InChI=1S/C14H19ClN2O3S/c1-8-3-4-11(5-8)17-14(18)10-6-9(2)13(15)12(7-10)21(16,19)20/h6-8,11H,3-5H2,1-2H3,(H,17,18)(H2,16,19,20). The average molecular weight is 331 g/mol. The van der Waals surface area contributed by atoms with Crippen molar-refractivity contribution >= 4 is 27.5 Å². The molecule has 21 heavy (non-hydrogen) atoms. The number of aryl methyl sites for hydroxylation is 1. The minimum atomic E-state index is -3.96. The first-order chi connectivity index (χ1) is 9.68. The Kier molecular flexibility index (Phi) is 4.60. The number of sulfonamides is 1. The van der Waals surface area contributed by atoms with Crippen molar-refractivity contribution in [1.29, 1.82) is 0 Å². The van der Waals surface area contributed by atoms with E-state index in [1.807, 2.05) is 0 Å². The molecule has 0 aromatic heterocycles. The molecule has 1 fully saturated rings. The molecule has 2 atom stereocenters. The van der Waals surface area contributed by atoms with Crippen LogP contribution in [0.1, 0.15) is 42.1 Å². The van der Waals surface area contributed by atoms with Crippen LogP contribution < -0.4 is 10.5 Å². The third-order valence-electron chi connectivity index (χ3n) is 3.82. The Hall–Kier alpha value is -1.11. The number of rotatable bonds is 3. The SMILES string of the molecule is Cc1cc(C(=O)NC2CCC(C)C2)cc(S(N)(=O)=O)c1Cl. The molecule has 2 rings (SSSR count). The maximum Gasteiger partial charge on any atom is 0.251 e. The fourth-order valence-corrected chi connectivity index (χ4v) is 3.82. The van der Waals surface area contributed by atoms with Crippen LogP contribution in [0, 0.1) is 12.8 Å². The monoisotopic (exact) mass is 330 g/mol. The van der Waals surface area contributed by atoms with Crippen molar-refractivity contribution in [3.05, 3.63) is 28.3 Å². The van der Waals surface area contributed by atoms with Crippen molar-refractivity contribution < 1.29 is 13.2 Å². The van der Waals surface area contributed by atoms with Crippen LogP contribution in [0.15, 0.2) is 17.0 Å². The van der Waals surface area contributed by atoms with Crippen molar-refractivity contribution in [2.75, 3.05) is 0 Å². The number of nitrogens with two attached hydrogens (primary N) is 1. The second kappa shape index (κ2) is 5.94. The summed E-state index contributed by atoms with van der Waals surface area (Å²) < 4.78 is 23.1. The molecule has 1 aliphatic carbocycles. The molecule has 0 radical (unpaired) electrons. The summed E-state index contributed by atoms with van der Waals surface area (Å²) in [5, 5.41) is 8.13. The summed E-state index contributed by atoms with van der Waals surface area (Å²) in [5.74, 6) is 0.306. The van der Waals surface area contributed by atoms with Crippen LogP contribution in [-0.2, 0) is 10.0 Å². The third kappa shape index (κ3) is 3.75. The first-order valence-corrected chi connectivity index (χ1v) is 8.74. The van der Waals surface area contributed by atoms with Gasteiger partial charge in [0.05, 0.1) is 5.02 Å². The predicted octanol–water partition coefficient (Wildman–Crippen LogP) is 2.21. The van der Waals surface area contributed by atoms with Crippen LogP contribution in [0.4, 0.5) is 0 Å². The maximum atomic E-state index is 12.3. The summed E-state index contributed by atoms with van der Waals surface area (Å²) in [6, 6.07) is 2.95. The van der Waals surface area contributed by atoms with Crippen molar-refractivity contribution in [2.24, 2.45) is 11.1 Å². The Balaban J connectivity index is 2.28. The molecule has 0 heterocycles. The summed E-state index contributed by atoms with van der Waals surface area (Å²) in [7, 11) is -3.96. The number of halogens is 1. The molecule has 1 aromatic rings. The number of benzene rings is 1. The number of hydrogen-bond acceptors (Lipinski definition) is 3. The molecule has 0 spiro atoms. The van der Waals surface area contributed by atoms with E-state index < -0.39 is 10.0 Å². The average Bonchev–Trinajstić information content (AvgIpc) is 2.76. The number of nitrogens with one attached hydrogen (secondary N) is 1. The normalized spacial score (nSPS) is 22.3. The number of carbonyl (C=O) groups is 1. The van der Waals surface area contributed by atoms with Crippen LogP contribution >= 0.6 is 11.6 Å². The van der Waals surface area contributed by atoms with Gasteiger partial charge in [-0.1, -0.05) is 18.5 Å². The zero-order valence-electron chi connectivity index (χ0n) is 12.0. The maximum absolute atomic E-state index is 12.3. The highest BCUT2D eigenvalue weighted by Gasteiger charge is 2.24. The van der Waals surface area contributed by atoms with Gasteiger partial charge in [-0.3, -0.25) is 4.79 Å². The third-order valence-corrected chi connectivity index (χ3v) is 5.37. The fourth-order valence-electron chi connectivity index (χ4n) is 2.68. The Morgan fingerprint density at radius 2 is 2.05 bits per heavy atom. The molecule has 7 heteroatoms. The molecule has 2 unspecified atom stereocenters. The lowest BCUT2D eigenvalue weighted by Gasteiger charge is -2.14. The van der Waals surface area contributed by atoms with Gasteiger partial charge in [0.25, 0.3) is 5.91 Å². The smallest absolute Gasteiger partial charge is 0.251 e.